The zero-order valence-electron chi connectivity index (χ0n) is 22.2. The van der Waals surface area contributed by atoms with Crippen LogP contribution in [-0.4, -0.2) is 63.4 Å². The number of hydrogen-bond acceptors (Lipinski definition) is 5. The Morgan fingerprint density at radius 2 is 2.03 bits per heavy atom. The average molecular weight is 539 g/mol. The molecule has 1 amide bonds. The van der Waals surface area contributed by atoms with Crippen LogP contribution in [-0.2, 0) is 24.2 Å². The maximum absolute atomic E-state index is 15.3. The van der Waals surface area contributed by atoms with Gasteiger partial charge in [0.25, 0.3) is 11.8 Å². The van der Waals surface area contributed by atoms with Gasteiger partial charge in [0.15, 0.2) is 0 Å². The molecule has 2 aromatic rings. The molecule has 0 radical (unpaired) electrons. The fourth-order valence-corrected chi connectivity index (χ4v) is 6.55. The smallest absolute Gasteiger partial charge is 0.325 e. The third kappa shape index (κ3) is 5.25. The van der Waals surface area contributed by atoms with Crippen LogP contribution in [0.2, 0.25) is 0 Å². The van der Waals surface area contributed by atoms with Gasteiger partial charge in [0.1, 0.15) is 11.9 Å². The van der Waals surface area contributed by atoms with E-state index < -0.39 is 23.9 Å². The number of anilines is 1. The van der Waals surface area contributed by atoms with Gasteiger partial charge in [-0.25, -0.2) is 13.8 Å². The molecule has 1 saturated carbocycles. The molecule has 39 heavy (non-hydrogen) atoms. The van der Waals surface area contributed by atoms with E-state index >= 15 is 8.78 Å². The number of carboxylic acid groups (broad SMARTS) is 1. The second-order valence-corrected chi connectivity index (χ2v) is 11.6. The molecule has 1 aromatic heterocycles. The monoisotopic (exact) mass is 538 g/mol. The number of carbonyl (C=O) groups is 2. The summed E-state index contributed by atoms with van der Waals surface area (Å²) in [5.41, 5.74) is 4.00. The summed E-state index contributed by atoms with van der Waals surface area (Å²) in [4.78, 5) is 33.5. The van der Waals surface area contributed by atoms with E-state index in [-0.39, 0.29) is 31.3 Å². The highest BCUT2D eigenvalue weighted by atomic mass is 19.3. The lowest BCUT2D eigenvalue weighted by Gasteiger charge is -2.28. The van der Waals surface area contributed by atoms with Crippen molar-refractivity contribution in [2.24, 2.45) is 5.92 Å². The number of benzene rings is 1. The zero-order valence-corrected chi connectivity index (χ0v) is 22.2. The number of nitrogens with one attached hydrogen (secondary N) is 1. The maximum atomic E-state index is 15.3. The summed E-state index contributed by atoms with van der Waals surface area (Å²) in [7, 11) is 0. The van der Waals surface area contributed by atoms with Crippen molar-refractivity contribution in [3.8, 4) is 0 Å². The first-order valence-corrected chi connectivity index (χ1v) is 14.3. The molecule has 0 spiro atoms. The average Bonchev–Trinajstić information content (AvgIpc) is 3.54. The van der Waals surface area contributed by atoms with E-state index in [0.717, 1.165) is 49.3 Å². The van der Waals surface area contributed by atoms with Gasteiger partial charge < -0.3 is 15.3 Å². The molecule has 4 aliphatic rings. The molecule has 6 rings (SSSR count). The molecule has 2 N–H and O–H groups in total. The van der Waals surface area contributed by atoms with Gasteiger partial charge in [0.05, 0.1) is 0 Å². The van der Waals surface area contributed by atoms with Crippen LogP contribution in [0, 0.1) is 5.92 Å². The Balaban J connectivity index is 1.07. The van der Waals surface area contributed by atoms with Crippen LogP contribution < -0.4 is 5.32 Å². The lowest BCUT2D eigenvalue weighted by Crippen LogP contribution is -2.36. The molecule has 208 valence electrons. The third-order valence-electron chi connectivity index (χ3n) is 8.88. The van der Waals surface area contributed by atoms with E-state index in [1.165, 1.54) is 5.56 Å². The number of unbranched alkanes of at least 4 members (excludes halogenated alkanes) is 1. The molecule has 1 aromatic carbocycles. The summed E-state index contributed by atoms with van der Waals surface area (Å²) in [5, 5.41) is 13.5. The number of aliphatic carboxylic acids is 1. The van der Waals surface area contributed by atoms with Crippen LogP contribution in [0.25, 0.3) is 0 Å². The van der Waals surface area contributed by atoms with Gasteiger partial charge in [-0.1, -0.05) is 18.2 Å². The molecule has 2 fully saturated rings. The minimum atomic E-state index is -2.86. The summed E-state index contributed by atoms with van der Waals surface area (Å²) < 4.78 is 30.6. The van der Waals surface area contributed by atoms with E-state index in [0.29, 0.717) is 43.5 Å². The fraction of sp³-hybridized carbons (Fsp3) is 0.567. The van der Waals surface area contributed by atoms with Crippen LogP contribution in [0.3, 0.4) is 0 Å². The second-order valence-electron chi connectivity index (χ2n) is 11.6. The third-order valence-corrected chi connectivity index (χ3v) is 8.88. The van der Waals surface area contributed by atoms with Gasteiger partial charge in [-0.05, 0) is 86.7 Å². The molecule has 1 aliphatic carbocycles. The number of nitrogens with zero attached hydrogens (tertiary/aromatic N) is 3. The van der Waals surface area contributed by atoms with Crippen molar-refractivity contribution in [1.82, 2.24) is 14.8 Å². The number of aromatic nitrogens is 1. The van der Waals surface area contributed by atoms with E-state index in [1.54, 1.807) is 23.1 Å². The predicted molar refractivity (Wildman–Crippen MR) is 143 cm³/mol. The highest BCUT2D eigenvalue weighted by molar-refractivity contribution is 5.99. The summed E-state index contributed by atoms with van der Waals surface area (Å²) in [5.74, 6) is -3.92. The lowest BCUT2D eigenvalue weighted by atomic mass is 9.94. The number of alkyl halides is 2. The summed E-state index contributed by atoms with van der Waals surface area (Å²) in [6, 6.07) is 8.51. The SMILES string of the molecule is O=C(O)C(c1cccc2c1CN(C1CC1)C2=O)N1CCC(C(F)(F)CCCCc2ccc3c(n2)NCCC3)C1. The minimum absolute atomic E-state index is 0.0337. The molecule has 2 atom stereocenters. The van der Waals surface area contributed by atoms with Gasteiger partial charge in [-0.3, -0.25) is 14.5 Å². The van der Waals surface area contributed by atoms with Crippen LogP contribution >= 0.6 is 0 Å². The van der Waals surface area contributed by atoms with Crippen molar-refractivity contribution in [3.05, 3.63) is 58.3 Å². The minimum Gasteiger partial charge on any atom is -0.480 e. The number of aryl methyl sites for hydroxylation is 2. The Morgan fingerprint density at radius 1 is 1.18 bits per heavy atom. The molecule has 0 bridgehead atoms. The Hall–Kier alpha value is -3.07. The van der Waals surface area contributed by atoms with Crippen molar-refractivity contribution in [2.75, 3.05) is 25.0 Å². The highest BCUT2D eigenvalue weighted by Crippen LogP contribution is 2.42. The Bertz CT molecular complexity index is 1260. The topological polar surface area (TPSA) is 85.8 Å². The molecule has 7 nitrogen and oxygen atoms in total. The number of likely N-dealkylation sites (tertiary alicyclic amines) is 1. The molecule has 2 unspecified atom stereocenters. The lowest BCUT2D eigenvalue weighted by molar-refractivity contribution is -0.143. The first kappa shape index (κ1) is 26.2. The standard InChI is InChI=1S/C30H36F2N4O3/c31-30(32,14-2-1-6-21-10-9-19-5-4-15-33-27(19)34-21)20-13-16-35(17-20)26(29(38)39)23-7-3-8-24-25(23)18-36(28(24)37)22-11-12-22/h3,7-10,20,22,26H,1-2,4-6,11-18H2,(H,33,34)(H,38,39). The van der Waals surface area contributed by atoms with Gasteiger partial charge in [-0.15, -0.1) is 0 Å². The van der Waals surface area contributed by atoms with Crippen molar-refractivity contribution < 1.29 is 23.5 Å². The number of pyridine rings is 1. The molecular formula is C30H36F2N4O3. The quantitative estimate of drug-likeness (QED) is 0.412. The molecule has 3 aliphatic heterocycles. The number of fused-ring (bicyclic) bond motifs is 2. The normalized spacial score (nSPS) is 21.9. The number of amides is 1. The number of carboxylic acids is 1. The first-order valence-electron chi connectivity index (χ1n) is 14.3. The zero-order chi connectivity index (χ0) is 27.1. The number of hydrogen-bond donors (Lipinski definition) is 2. The van der Waals surface area contributed by atoms with Crippen molar-refractivity contribution in [1.29, 1.82) is 0 Å². The van der Waals surface area contributed by atoms with E-state index in [1.807, 2.05) is 11.0 Å². The van der Waals surface area contributed by atoms with E-state index in [9.17, 15) is 14.7 Å². The number of rotatable bonds is 10. The van der Waals surface area contributed by atoms with E-state index in [2.05, 4.69) is 16.4 Å². The molecular weight excluding hydrogens is 502 g/mol. The molecule has 4 heterocycles. The Labute approximate surface area is 227 Å². The summed E-state index contributed by atoms with van der Waals surface area (Å²) in [6.07, 6.45) is 5.81. The molecule has 9 heteroatoms. The van der Waals surface area contributed by atoms with Crippen LogP contribution in [0.4, 0.5) is 14.6 Å². The van der Waals surface area contributed by atoms with Crippen molar-refractivity contribution in [2.45, 2.75) is 82.3 Å². The maximum Gasteiger partial charge on any atom is 0.325 e. The number of carbonyl (C=O) groups excluding carboxylic acids is 1. The summed E-state index contributed by atoms with van der Waals surface area (Å²) >= 11 is 0. The molecule has 1 saturated heterocycles. The van der Waals surface area contributed by atoms with Gasteiger partial charge in [-0.2, -0.15) is 0 Å². The predicted octanol–water partition coefficient (Wildman–Crippen LogP) is 5.05. The van der Waals surface area contributed by atoms with Crippen LogP contribution in [0.15, 0.2) is 30.3 Å². The van der Waals surface area contributed by atoms with Crippen molar-refractivity contribution >= 4 is 17.7 Å². The highest BCUT2D eigenvalue weighted by Gasteiger charge is 2.47. The Kier molecular flexibility index (Phi) is 7.04. The summed E-state index contributed by atoms with van der Waals surface area (Å²) in [6.45, 7) is 1.65. The van der Waals surface area contributed by atoms with Gasteiger partial charge in [0, 0.05) is 49.3 Å². The van der Waals surface area contributed by atoms with Gasteiger partial charge in [0.2, 0.25) is 0 Å². The largest absolute Gasteiger partial charge is 0.480 e. The fourth-order valence-electron chi connectivity index (χ4n) is 6.55. The second kappa shape index (κ2) is 10.5. The van der Waals surface area contributed by atoms with Crippen LogP contribution in [0.1, 0.15) is 83.7 Å². The van der Waals surface area contributed by atoms with Crippen LogP contribution in [0.5, 0.6) is 0 Å². The van der Waals surface area contributed by atoms with Gasteiger partial charge >= 0.3 is 5.97 Å². The van der Waals surface area contributed by atoms with E-state index in [4.69, 9.17) is 0 Å². The first-order chi connectivity index (χ1) is 18.8. The Morgan fingerprint density at radius 3 is 2.82 bits per heavy atom. The van der Waals surface area contributed by atoms with Crippen molar-refractivity contribution in [3.63, 3.8) is 0 Å². The number of halogens is 2.